The van der Waals surface area contributed by atoms with Crippen molar-refractivity contribution in [2.45, 2.75) is 33.2 Å². The third kappa shape index (κ3) is 4.75. The fraction of sp³-hybridized carbons (Fsp3) is 0.636. The lowest BCUT2D eigenvalue weighted by molar-refractivity contribution is 0.0928. The van der Waals surface area contributed by atoms with E-state index in [1.807, 2.05) is 0 Å². The molecule has 0 aliphatic carbocycles. The Labute approximate surface area is 108 Å². The van der Waals surface area contributed by atoms with Gasteiger partial charge in [0.25, 0.3) is 5.91 Å². The molecule has 6 heteroatoms. The number of hydrogen-bond acceptors (Lipinski definition) is 4. The van der Waals surface area contributed by atoms with Gasteiger partial charge in [0.15, 0.2) is 12.1 Å². The van der Waals surface area contributed by atoms with Gasteiger partial charge in [-0.2, -0.15) is 0 Å². The van der Waals surface area contributed by atoms with Gasteiger partial charge < -0.3 is 15.5 Å². The number of aromatic nitrogens is 1. The molecule has 1 rings (SSSR count). The number of hydrogen-bond donors (Lipinski definition) is 2. The molecule has 0 radical (unpaired) electrons. The summed E-state index contributed by atoms with van der Waals surface area (Å²) in [4.78, 5) is 15.7. The van der Waals surface area contributed by atoms with E-state index in [4.69, 9.17) is 10.2 Å². The molecule has 0 saturated carbocycles. The zero-order valence-corrected chi connectivity index (χ0v) is 11.2. The largest absolute Gasteiger partial charge is 0.448 e. The molecule has 0 aliphatic rings. The maximum absolute atomic E-state index is 11.8. The molecule has 1 atom stereocenters. The highest BCUT2D eigenvalue weighted by molar-refractivity contribution is 5.93. The van der Waals surface area contributed by atoms with Crippen LogP contribution in [0.5, 0.6) is 0 Å². The second kappa shape index (κ2) is 7.29. The third-order valence-corrected chi connectivity index (χ3v) is 2.34. The number of carbonyl (C=O) groups is 1. The number of nitrogens with zero attached hydrogens (tertiary/aromatic N) is 1. The Morgan fingerprint density at radius 1 is 1.59 bits per heavy atom. The minimum atomic E-state index is -0.220. The second-order valence-electron chi connectivity index (χ2n) is 4.29. The van der Waals surface area contributed by atoms with Crippen LogP contribution in [0, 0.1) is 12.8 Å². The molecule has 3 N–H and O–H groups in total. The van der Waals surface area contributed by atoms with Gasteiger partial charge in [-0.25, -0.2) is 4.98 Å². The smallest absolute Gasteiger partial charge is 0.273 e. The van der Waals surface area contributed by atoms with Gasteiger partial charge in [0.1, 0.15) is 5.76 Å². The minimum absolute atomic E-state index is 0. The predicted octanol–water partition coefficient (Wildman–Crippen LogP) is 1.51. The zero-order valence-electron chi connectivity index (χ0n) is 10.4. The van der Waals surface area contributed by atoms with Crippen molar-refractivity contribution in [1.29, 1.82) is 0 Å². The van der Waals surface area contributed by atoms with Gasteiger partial charge in [-0.1, -0.05) is 13.8 Å². The summed E-state index contributed by atoms with van der Waals surface area (Å²) >= 11 is 0. The Morgan fingerprint density at radius 2 is 2.24 bits per heavy atom. The number of oxazole rings is 1. The van der Waals surface area contributed by atoms with Gasteiger partial charge >= 0.3 is 0 Å². The summed E-state index contributed by atoms with van der Waals surface area (Å²) in [5, 5.41) is 2.85. The molecule has 1 aromatic heterocycles. The molecule has 1 unspecified atom stereocenters. The first-order valence-electron chi connectivity index (χ1n) is 5.45. The van der Waals surface area contributed by atoms with Crippen LogP contribution in [0.2, 0.25) is 0 Å². The molecule has 1 heterocycles. The lowest BCUT2D eigenvalue weighted by Crippen LogP contribution is -2.41. The van der Waals surface area contributed by atoms with Gasteiger partial charge in [-0.3, -0.25) is 4.79 Å². The molecule has 17 heavy (non-hydrogen) atoms. The number of halogens is 1. The SMILES string of the molecule is Cc1ocnc1C(=O)NC(CN)CC(C)C.Cl. The Hall–Kier alpha value is -1.07. The van der Waals surface area contributed by atoms with Crippen LogP contribution in [0.4, 0.5) is 0 Å². The molecule has 0 fully saturated rings. The third-order valence-electron chi connectivity index (χ3n) is 2.34. The summed E-state index contributed by atoms with van der Waals surface area (Å²) in [7, 11) is 0. The molecular weight excluding hydrogens is 242 g/mol. The van der Waals surface area contributed by atoms with Crippen molar-refractivity contribution in [2.75, 3.05) is 6.54 Å². The van der Waals surface area contributed by atoms with Crippen LogP contribution >= 0.6 is 12.4 Å². The molecular formula is C11H20ClN3O2. The first-order valence-corrected chi connectivity index (χ1v) is 5.45. The summed E-state index contributed by atoms with van der Waals surface area (Å²) in [5.74, 6) is 0.799. The number of rotatable bonds is 5. The van der Waals surface area contributed by atoms with E-state index in [0.717, 1.165) is 6.42 Å². The van der Waals surface area contributed by atoms with Crippen LogP contribution in [0.25, 0.3) is 0 Å². The summed E-state index contributed by atoms with van der Waals surface area (Å²) in [6.45, 7) is 6.33. The minimum Gasteiger partial charge on any atom is -0.448 e. The van der Waals surface area contributed by atoms with E-state index >= 15 is 0 Å². The van der Waals surface area contributed by atoms with Crippen LogP contribution in [0.15, 0.2) is 10.8 Å². The van der Waals surface area contributed by atoms with Gasteiger partial charge in [-0.15, -0.1) is 12.4 Å². The second-order valence-corrected chi connectivity index (χ2v) is 4.29. The Balaban J connectivity index is 0.00000256. The topological polar surface area (TPSA) is 81.2 Å². The van der Waals surface area contributed by atoms with E-state index in [1.54, 1.807) is 6.92 Å². The van der Waals surface area contributed by atoms with Crippen LogP contribution in [-0.2, 0) is 0 Å². The van der Waals surface area contributed by atoms with Gasteiger partial charge in [-0.05, 0) is 19.3 Å². The molecule has 98 valence electrons. The Bertz CT molecular complexity index is 352. The van der Waals surface area contributed by atoms with Crippen molar-refractivity contribution in [1.82, 2.24) is 10.3 Å². The van der Waals surface area contributed by atoms with E-state index in [9.17, 15) is 4.79 Å². The summed E-state index contributed by atoms with van der Waals surface area (Å²) in [6.07, 6.45) is 2.13. The van der Waals surface area contributed by atoms with Crippen molar-refractivity contribution < 1.29 is 9.21 Å². The van der Waals surface area contributed by atoms with Crippen molar-refractivity contribution in [2.24, 2.45) is 11.7 Å². The standard InChI is InChI=1S/C11H19N3O2.ClH/c1-7(2)4-9(5-12)14-11(15)10-8(3)16-6-13-10;/h6-7,9H,4-5,12H2,1-3H3,(H,14,15);1H. The highest BCUT2D eigenvalue weighted by Gasteiger charge is 2.17. The lowest BCUT2D eigenvalue weighted by Gasteiger charge is -2.18. The average molecular weight is 262 g/mol. The van der Waals surface area contributed by atoms with Crippen molar-refractivity contribution in [3.05, 3.63) is 17.8 Å². The predicted molar refractivity (Wildman–Crippen MR) is 68.3 cm³/mol. The van der Waals surface area contributed by atoms with E-state index in [2.05, 4.69) is 24.1 Å². The average Bonchev–Trinajstić information content (AvgIpc) is 2.62. The van der Waals surface area contributed by atoms with Crippen molar-refractivity contribution in [3.8, 4) is 0 Å². The monoisotopic (exact) mass is 261 g/mol. The number of amides is 1. The van der Waals surface area contributed by atoms with E-state index in [-0.39, 0.29) is 24.4 Å². The quantitative estimate of drug-likeness (QED) is 0.842. The number of carbonyl (C=O) groups excluding carboxylic acids is 1. The molecule has 0 aromatic carbocycles. The van der Waals surface area contributed by atoms with Crippen LogP contribution < -0.4 is 11.1 Å². The number of nitrogens with one attached hydrogen (secondary N) is 1. The number of nitrogens with two attached hydrogens (primary N) is 1. The van der Waals surface area contributed by atoms with Crippen molar-refractivity contribution in [3.63, 3.8) is 0 Å². The van der Waals surface area contributed by atoms with Gasteiger partial charge in [0, 0.05) is 12.6 Å². The molecule has 0 bridgehead atoms. The van der Waals surface area contributed by atoms with Crippen LogP contribution in [-0.4, -0.2) is 23.5 Å². The van der Waals surface area contributed by atoms with Crippen LogP contribution in [0.3, 0.4) is 0 Å². The summed E-state index contributed by atoms with van der Waals surface area (Å²) < 4.78 is 4.98. The Kier molecular flexibility index (Phi) is 6.83. The molecule has 1 amide bonds. The van der Waals surface area contributed by atoms with E-state index in [1.165, 1.54) is 6.39 Å². The molecule has 0 saturated heterocycles. The summed E-state index contributed by atoms with van der Waals surface area (Å²) in [5.41, 5.74) is 5.94. The first-order chi connectivity index (χ1) is 7.54. The number of aryl methyl sites for hydroxylation is 1. The van der Waals surface area contributed by atoms with Gasteiger partial charge in [0.2, 0.25) is 0 Å². The molecule has 5 nitrogen and oxygen atoms in total. The Morgan fingerprint density at radius 3 is 2.65 bits per heavy atom. The molecule has 1 aromatic rings. The fourth-order valence-corrected chi connectivity index (χ4v) is 1.56. The molecule has 0 aliphatic heterocycles. The fourth-order valence-electron chi connectivity index (χ4n) is 1.56. The van der Waals surface area contributed by atoms with E-state index in [0.29, 0.717) is 23.9 Å². The van der Waals surface area contributed by atoms with E-state index < -0.39 is 0 Å². The molecule has 0 spiro atoms. The van der Waals surface area contributed by atoms with Gasteiger partial charge in [0.05, 0.1) is 0 Å². The highest BCUT2D eigenvalue weighted by Crippen LogP contribution is 2.07. The maximum atomic E-state index is 11.8. The summed E-state index contributed by atoms with van der Waals surface area (Å²) in [6, 6.07) is -0.0106. The van der Waals surface area contributed by atoms with Crippen LogP contribution in [0.1, 0.15) is 36.5 Å². The van der Waals surface area contributed by atoms with Crippen molar-refractivity contribution >= 4 is 18.3 Å². The zero-order chi connectivity index (χ0) is 12.1. The first kappa shape index (κ1) is 15.9. The normalized spacial score (nSPS) is 12.1. The maximum Gasteiger partial charge on any atom is 0.273 e. The lowest BCUT2D eigenvalue weighted by atomic mass is 10.0. The highest BCUT2D eigenvalue weighted by atomic mass is 35.5.